The molecule has 2 amide bonds. The molecule has 6 nitrogen and oxygen atoms in total. The summed E-state index contributed by atoms with van der Waals surface area (Å²) >= 11 is 0. The number of carbonyl (C=O) groups excluding carboxylic acids is 2. The lowest BCUT2D eigenvalue weighted by Gasteiger charge is -2.32. The van der Waals surface area contributed by atoms with Gasteiger partial charge in [-0.05, 0) is 33.6 Å². The molecule has 0 unspecified atom stereocenters. The summed E-state index contributed by atoms with van der Waals surface area (Å²) in [7, 11) is 2.97. The minimum absolute atomic E-state index is 0.238. The summed E-state index contributed by atoms with van der Waals surface area (Å²) in [5.41, 5.74) is -1.48. The van der Waals surface area contributed by atoms with E-state index >= 15 is 0 Å². The molecule has 0 aliphatic heterocycles. The third-order valence-electron chi connectivity index (χ3n) is 3.17. The van der Waals surface area contributed by atoms with E-state index in [1.54, 1.807) is 27.8 Å². The Morgan fingerprint density at radius 1 is 1.21 bits per heavy atom. The van der Waals surface area contributed by atoms with E-state index in [1.165, 1.54) is 7.11 Å². The molecule has 6 heteroatoms. The van der Waals surface area contributed by atoms with E-state index in [0.29, 0.717) is 12.8 Å². The van der Waals surface area contributed by atoms with E-state index in [0.717, 1.165) is 17.9 Å². The van der Waals surface area contributed by atoms with E-state index in [1.807, 2.05) is 0 Å². The van der Waals surface area contributed by atoms with E-state index in [9.17, 15) is 9.59 Å². The van der Waals surface area contributed by atoms with Crippen molar-refractivity contribution in [1.82, 2.24) is 10.4 Å². The molecule has 1 saturated carbocycles. The van der Waals surface area contributed by atoms with Crippen LogP contribution in [0.3, 0.4) is 0 Å². The molecule has 1 fully saturated rings. The molecule has 0 aromatic carbocycles. The number of nitrogens with zero attached hydrogens (tertiary/aromatic N) is 1. The van der Waals surface area contributed by atoms with Crippen molar-refractivity contribution >= 4 is 12.0 Å². The molecule has 110 valence electrons. The summed E-state index contributed by atoms with van der Waals surface area (Å²) in [6.45, 7) is 5.37. The fourth-order valence-corrected chi connectivity index (χ4v) is 2.25. The number of ether oxygens (including phenoxy) is 1. The van der Waals surface area contributed by atoms with Crippen LogP contribution >= 0.6 is 0 Å². The average Bonchev–Trinajstić information content (AvgIpc) is 2.73. The molecule has 0 saturated heterocycles. The monoisotopic (exact) mass is 272 g/mol. The van der Waals surface area contributed by atoms with Crippen LogP contribution in [0.5, 0.6) is 0 Å². The van der Waals surface area contributed by atoms with Crippen LogP contribution in [0.15, 0.2) is 0 Å². The quantitative estimate of drug-likeness (QED) is 0.796. The molecule has 0 radical (unpaired) electrons. The fourth-order valence-electron chi connectivity index (χ4n) is 2.25. The largest absolute Gasteiger partial charge is 0.444 e. The first-order valence-electron chi connectivity index (χ1n) is 6.54. The van der Waals surface area contributed by atoms with E-state index in [4.69, 9.17) is 9.57 Å². The molecule has 1 aliphatic rings. The van der Waals surface area contributed by atoms with Gasteiger partial charge < -0.3 is 10.1 Å². The van der Waals surface area contributed by atoms with Crippen LogP contribution in [0.2, 0.25) is 0 Å². The van der Waals surface area contributed by atoms with Crippen LogP contribution in [0, 0.1) is 0 Å². The number of nitrogens with one attached hydrogen (secondary N) is 1. The van der Waals surface area contributed by atoms with Crippen molar-refractivity contribution in [3.05, 3.63) is 0 Å². The predicted molar refractivity (Wildman–Crippen MR) is 70.3 cm³/mol. The van der Waals surface area contributed by atoms with Gasteiger partial charge in [0.15, 0.2) is 0 Å². The molecule has 0 atom stereocenters. The lowest BCUT2D eigenvalue weighted by molar-refractivity contribution is -0.176. The molecule has 0 aromatic heterocycles. The topological polar surface area (TPSA) is 67.9 Å². The van der Waals surface area contributed by atoms with Gasteiger partial charge in [0.2, 0.25) is 0 Å². The van der Waals surface area contributed by atoms with Crippen LogP contribution in [0.1, 0.15) is 46.5 Å². The summed E-state index contributed by atoms with van der Waals surface area (Å²) in [5, 5.41) is 3.89. The highest BCUT2D eigenvalue weighted by Crippen LogP contribution is 2.31. The van der Waals surface area contributed by atoms with Crippen molar-refractivity contribution in [3.63, 3.8) is 0 Å². The van der Waals surface area contributed by atoms with Gasteiger partial charge in [0.25, 0.3) is 5.91 Å². The number of hydroxylamine groups is 2. The number of hydrogen-bond donors (Lipinski definition) is 1. The van der Waals surface area contributed by atoms with Crippen LogP contribution in [-0.4, -0.2) is 42.4 Å². The zero-order chi connectivity index (χ0) is 14.7. The lowest BCUT2D eigenvalue weighted by Crippen LogP contribution is -2.57. The van der Waals surface area contributed by atoms with Gasteiger partial charge in [-0.25, -0.2) is 9.86 Å². The van der Waals surface area contributed by atoms with Crippen molar-refractivity contribution in [2.24, 2.45) is 0 Å². The smallest absolute Gasteiger partial charge is 0.408 e. The molecule has 0 spiro atoms. The Bertz CT molecular complexity index is 343. The van der Waals surface area contributed by atoms with Gasteiger partial charge in [0.05, 0.1) is 7.11 Å². The summed E-state index contributed by atoms with van der Waals surface area (Å²) in [6, 6.07) is 0. The highest BCUT2D eigenvalue weighted by molar-refractivity contribution is 5.89. The van der Waals surface area contributed by atoms with Crippen LogP contribution in [0.4, 0.5) is 4.79 Å². The first-order chi connectivity index (χ1) is 8.70. The Kier molecular flexibility index (Phi) is 4.79. The van der Waals surface area contributed by atoms with E-state index < -0.39 is 17.2 Å². The van der Waals surface area contributed by atoms with Crippen LogP contribution < -0.4 is 5.32 Å². The Balaban J connectivity index is 2.78. The second kappa shape index (κ2) is 5.77. The summed E-state index contributed by atoms with van der Waals surface area (Å²) in [6.07, 6.45) is 2.46. The van der Waals surface area contributed by atoms with Gasteiger partial charge in [0.1, 0.15) is 11.1 Å². The molecule has 1 N–H and O–H groups in total. The molecule has 0 heterocycles. The second-order valence-corrected chi connectivity index (χ2v) is 5.90. The van der Waals surface area contributed by atoms with Crippen molar-refractivity contribution < 1.29 is 19.2 Å². The maximum Gasteiger partial charge on any atom is 0.408 e. The minimum Gasteiger partial charge on any atom is -0.444 e. The maximum atomic E-state index is 12.3. The molecule has 1 rings (SSSR count). The SMILES string of the molecule is CON(C)C(=O)C1(NC(=O)OC(C)(C)C)CCCC1. The first kappa shape index (κ1) is 15.8. The third kappa shape index (κ3) is 4.09. The standard InChI is InChI=1S/C13H24N2O4/c1-12(2,3)19-11(17)14-13(8-6-7-9-13)10(16)15(4)18-5/h6-9H2,1-5H3,(H,14,17). The average molecular weight is 272 g/mol. The van der Waals surface area contributed by atoms with Gasteiger partial charge in [-0.1, -0.05) is 12.8 Å². The summed E-state index contributed by atoms with van der Waals surface area (Å²) < 4.78 is 5.23. The maximum absolute atomic E-state index is 12.3. The zero-order valence-electron chi connectivity index (χ0n) is 12.4. The van der Waals surface area contributed by atoms with Crippen molar-refractivity contribution in [2.45, 2.75) is 57.6 Å². The summed E-state index contributed by atoms with van der Waals surface area (Å²) in [4.78, 5) is 29.1. The normalized spacial score (nSPS) is 17.9. The lowest BCUT2D eigenvalue weighted by atomic mass is 9.96. The number of rotatable bonds is 3. The molecule has 1 aliphatic carbocycles. The van der Waals surface area contributed by atoms with Gasteiger partial charge in [-0.2, -0.15) is 0 Å². The Morgan fingerprint density at radius 3 is 2.16 bits per heavy atom. The number of likely N-dealkylation sites (N-methyl/N-ethyl adjacent to an activating group) is 1. The highest BCUT2D eigenvalue weighted by Gasteiger charge is 2.45. The number of hydrogen-bond acceptors (Lipinski definition) is 4. The van der Waals surface area contributed by atoms with Crippen LogP contribution in [0.25, 0.3) is 0 Å². The first-order valence-corrected chi connectivity index (χ1v) is 6.54. The van der Waals surface area contributed by atoms with Crippen molar-refractivity contribution in [2.75, 3.05) is 14.2 Å². The van der Waals surface area contributed by atoms with Crippen LogP contribution in [-0.2, 0) is 14.4 Å². The Hall–Kier alpha value is -1.30. The highest BCUT2D eigenvalue weighted by atomic mass is 16.7. The summed E-state index contributed by atoms with van der Waals surface area (Å²) in [5.74, 6) is -0.238. The number of amides is 2. The van der Waals surface area contributed by atoms with Gasteiger partial charge in [0, 0.05) is 7.05 Å². The van der Waals surface area contributed by atoms with Gasteiger partial charge >= 0.3 is 6.09 Å². The zero-order valence-corrected chi connectivity index (χ0v) is 12.4. The molecule has 0 bridgehead atoms. The van der Waals surface area contributed by atoms with Crippen molar-refractivity contribution in [3.8, 4) is 0 Å². The molecule has 0 aromatic rings. The van der Waals surface area contributed by atoms with E-state index in [-0.39, 0.29) is 5.91 Å². The predicted octanol–water partition coefficient (Wildman–Crippen LogP) is 1.84. The third-order valence-corrected chi connectivity index (χ3v) is 3.17. The molecular formula is C13H24N2O4. The van der Waals surface area contributed by atoms with E-state index in [2.05, 4.69) is 5.32 Å². The minimum atomic E-state index is -0.896. The number of carbonyl (C=O) groups is 2. The fraction of sp³-hybridized carbons (Fsp3) is 0.846. The Labute approximate surface area is 114 Å². The van der Waals surface area contributed by atoms with Gasteiger partial charge in [-0.3, -0.25) is 9.63 Å². The molecule has 19 heavy (non-hydrogen) atoms. The Morgan fingerprint density at radius 2 is 1.74 bits per heavy atom. The van der Waals surface area contributed by atoms with Crippen molar-refractivity contribution in [1.29, 1.82) is 0 Å². The van der Waals surface area contributed by atoms with Gasteiger partial charge in [-0.15, -0.1) is 0 Å². The molecular weight excluding hydrogens is 248 g/mol. The number of alkyl carbamates (subject to hydrolysis) is 1. The second-order valence-electron chi connectivity index (χ2n) is 5.90.